The Morgan fingerprint density at radius 3 is 2.32 bits per heavy atom. The Labute approximate surface area is 115 Å². The molecule has 0 saturated carbocycles. The summed E-state index contributed by atoms with van der Waals surface area (Å²) in [6, 6.07) is 0. The Balaban J connectivity index is 3.35. The number of nitrogens with zero attached hydrogens (tertiary/aromatic N) is 3. The number of hydrogen-bond acceptors (Lipinski definition) is 4. The minimum Gasteiger partial charge on any atom is -0.384 e. The van der Waals surface area contributed by atoms with Crippen molar-refractivity contribution in [2.75, 3.05) is 18.5 Å². The van der Waals surface area contributed by atoms with Gasteiger partial charge in [-0.2, -0.15) is 5.10 Å². The van der Waals surface area contributed by atoms with E-state index < -0.39 is 0 Å². The summed E-state index contributed by atoms with van der Waals surface area (Å²) in [5.74, 6) is 1.31. The van der Waals surface area contributed by atoms with Gasteiger partial charge in [0.05, 0.1) is 11.3 Å². The van der Waals surface area contributed by atoms with E-state index in [1.807, 2.05) is 18.9 Å². The lowest BCUT2D eigenvalue weighted by Gasteiger charge is -2.24. The van der Waals surface area contributed by atoms with Gasteiger partial charge in [0.2, 0.25) is 0 Å². The lowest BCUT2D eigenvalue weighted by atomic mass is 10.0. The molecule has 0 unspecified atom stereocenters. The number of anilines is 1. The second-order valence-corrected chi connectivity index (χ2v) is 5.22. The van der Waals surface area contributed by atoms with Crippen LogP contribution in [0.3, 0.4) is 0 Å². The van der Waals surface area contributed by atoms with Gasteiger partial charge in [0.15, 0.2) is 5.82 Å². The average Bonchev–Trinajstić information content (AvgIpc) is 2.35. The first kappa shape index (κ1) is 15.4. The fraction of sp³-hybridized carbons (Fsp3) is 0.643. The SMILES string of the molecule is CCc1nnc(N(C)CC(C)C)c(C(=N)N)c1CC. The summed E-state index contributed by atoms with van der Waals surface area (Å²) in [5, 5.41) is 16.4. The maximum absolute atomic E-state index is 7.85. The number of nitrogens with one attached hydrogen (secondary N) is 1. The van der Waals surface area contributed by atoms with E-state index in [0.29, 0.717) is 5.92 Å². The molecule has 5 nitrogen and oxygen atoms in total. The third-order valence-electron chi connectivity index (χ3n) is 3.10. The summed E-state index contributed by atoms with van der Waals surface area (Å²) >= 11 is 0. The van der Waals surface area contributed by atoms with Crippen LogP contribution in [-0.2, 0) is 12.8 Å². The second-order valence-electron chi connectivity index (χ2n) is 5.22. The molecule has 1 aromatic heterocycles. The molecule has 106 valence electrons. The molecule has 0 amide bonds. The van der Waals surface area contributed by atoms with E-state index in [-0.39, 0.29) is 5.84 Å². The van der Waals surface area contributed by atoms with Crippen molar-refractivity contribution in [1.29, 1.82) is 5.41 Å². The molecule has 0 spiro atoms. The van der Waals surface area contributed by atoms with Gasteiger partial charge in [-0.25, -0.2) is 0 Å². The van der Waals surface area contributed by atoms with Crippen LogP contribution >= 0.6 is 0 Å². The largest absolute Gasteiger partial charge is 0.384 e. The highest BCUT2D eigenvalue weighted by Gasteiger charge is 2.19. The standard InChI is InChI=1S/C14H25N5/c1-6-10-11(7-2)17-18-14(12(10)13(15)16)19(5)8-9(3)4/h9H,6-8H2,1-5H3,(H3,15,16). The van der Waals surface area contributed by atoms with Gasteiger partial charge in [-0.05, 0) is 24.3 Å². The number of nitrogen functional groups attached to an aromatic ring is 1. The van der Waals surface area contributed by atoms with E-state index in [1.165, 1.54) is 0 Å². The van der Waals surface area contributed by atoms with Crippen LogP contribution in [0, 0.1) is 11.3 Å². The van der Waals surface area contributed by atoms with E-state index in [4.69, 9.17) is 11.1 Å². The van der Waals surface area contributed by atoms with E-state index in [2.05, 4.69) is 31.0 Å². The van der Waals surface area contributed by atoms with Crippen LogP contribution in [0.5, 0.6) is 0 Å². The molecule has 0 aromatic carbocycles. The lowest BCUT2D eigenvalue weighted by Crippen LogP contribution is -2.29. The highest BCUT2D eigenvalue weighted by atomic mass is 15.3. The third-order valence-corrected chi connectivity index (χ3v) is 3.10. The van der Waals surface area contributed by atoms with E-state index in [0.717, 1.165) is 42.0 Å². The molecule has 0 fully saturated rings. The van der Waals surface area contributed by atoms with Crippen molar-refractivity contribution in [1.82, 2.24) is 10.2 Å². The molecule has 0 aliphatic rings. The van der Waals surface area contributed by atoms with Crippen LogP contribution in [-0.4, -0.2) is 29.6 Å². The quantitative estimate of drug-likeness (QED) is 0.607. The van der Waals surface area contributed by atoms with Crippen molar-refractivity contribution in [3.8, 4) is 0 Å². The Kier molecular flexibility index (Phi) is 5.27. The topological polar surface area (TPSA) is 78.9 Å². The number of aryl methyl sites for hydroxylation is 1. The molecular weight excluding hydrogens is 238 g/mol. The van der Waals surface area contributed by atoms with Gasteiger partial charge in [0, 0.05) is 13.6 Å². The summed E-state index contributed by atoms with van der Waals surface area (Å²) in [4.78, 5) is 2.03. The van der Waals surface area contributed by atoms with Crippen LogP contribution < -0.4 is 10.6 Å². The Bertz CT molecular complexity index is 453. The molecule has 0 bridgehead atoms. The van der Waals surface area contributed by atoms with Crippen LogP contribution in [0.25, 0.3) is 0 Å². The minimum absolute atomic E-state index is 0.0760. The van der Waals surface area contributed by atoms with E-state index in [9.17, 15) is 0 Å². The summed E-state index contributed by atoms with van der Waals surface area (Å²) in [6.45, 7) is 9.28. The minimum atomic E-state index is 0.0760. The van der Waals surface area contributed by atoms with Crippen LogP contribution in [0.15, 0.2) is 0 Å². The average molecular weight is 263 g/mol. The normalized spacial score (nSPS) is 10.8. The monoisotopic (exact) mass is 263 g/mol. The van der Waals surface area contributed by atoms with E-state index >= 15 is 0 Å². The van der Waals surface area contributed by atoms with Crippen molar-refractivity contribution in [2.24, 2.45) is 11.7 Å². The number of hydrogen-bond donors (Lipinski definition) is 2. The first-order chi connectivity index (χ1) is 8.92. The number of amidine groups is 1. The summed E-state index contributed by atoms with van der Waals surface area (Å²) in [7, 11) is 1.97. The van der Waals surface area contributed by atoms with Crippen LogP contribution in [0.4, 0.5) is 5.82 Å². The lowest BCUT2D eigenvalue weighted by molar-refractivity contribution is 0.630. The molecule has 0 saturated heterocycles. The second kappa shape index (κ2) is 6.50. The van der Waals surface area contributed by atoms with Gasteiger partial charge in [0.25, 0.3) is 0 Å². The molecule has 3 N–H and O–H groups in total. The Morgan fingerprint density at radius 2 is 1.89 bits per heavy atom. The smallest absolute Gasteiger partial charge is 0.162 e. The van der Waals surface area contributed by atoms with Crippen molar-refractivity contribution < 1.29 is 0 Å². The maximum atomic E-state index is 7.85. The molecule has 1 heterocycles. The molecule has 0 aliphatic heterocycles. The maximum Gasteiger partial charge on any atom is 0.162 e. The highest BCUT2D eigenvalue weighted by Crippen LogP contribution is 2.23. The third kappa shape index (κ3) is 3.43. The van der Waals surface area contributed by atoms with Crippen molar-refractivity contribution in [3.63, 3.8) is 0 Å². The summed E-state index contributed by atoms with van der Waals surface area (Å²) in [6.07, 6.45) is 1.63. The number of aromatic nitrogens is 2. The molecule has 1 aromatic rings. The first-order valence-corrected chi connectivity index (χ1v) is 6.86. The van der Waals surface area contributed by atoms with Crippen molar-refractivity contribution >= 4 is 11.7 Å². The van der Waals surface area contributed by atoms with Gasteiger partial charge in [-0.15, -0.1) is 5.10 Å². The van der Waals surface area contributed by atoms with Crippen molar-refractivity contribution in [2.45, 2.75) is 40.5 Å². The van der Waals surface area contributed by atoms with Crippen LogP contribution in [0.1, 0.15) is 44.5 Å². The summed E-state index contributed by atoms with van der Waals surface area (Å²) < 4.78 is 0. The fourth-order valence-corrected chi connectivity index (χ4v) is 2.35. The van der Waals surface area contributed by atoms with Gasteiger partial charge >= 0.3 is 0 Å². The number of rotatable bonds is 6. The fourth-order valence-electron chi connectivity index (χ4n) is 2.35. The van der Waals surface area contributed by atoms with Gasteiger partial charge in [-0.1, -0.05) is 27.7 Å². The predicted molar refractivity (Wildman–Crippen MR) is 79.9 cm³/mol. The van der Waals surface area contributed by atoms with Gasteiger partial charge < -0.3 is 10.6 Å². The molecule has 0 radical (unpaired) electrons. The molecule has 1 rings (SSSR count). The molecular formula is C14H25N5. The Hall–Kier alpha value is -1.65. The van der Waals surface area contributed by atoms with Gasteiger partial charge in [-0.3, -0.25) is 5.41 Å². The molecule has 19 heavy (non-hydrogen) atoms. The summed E-state index contributed by atoms with van der Waals surface area (Å²) in [5.41, 5.74) is 8.51. The predicted octanol–water partition coefficient (Wildman–Crippen LogP) is 1.98. The number of nitrogens with two attached hydrogens (primary N) is 1. The molecule has 0 atom stereocenters. The van der Waals surface area contributed by atoms with Gasteiger partial charge in [0.1, 0.15) is 5.84 Å². The molecule has 5 heteroatoms. The molecule has 0 aliphatic carbocycles. The first-order valence-electron chi connectivity index (χ1n) is 6.86. The zero-order valence-electron chi connectivity index (χ0n) is 12.6. The van der Waals surface area contributed by atoms with E-state index in [1.54, 1.807) is 0 Å². The zero-order valence-corrected chi connectivity index (χ0v) is 12.6. The van der Waals surface area contributed by atoms with Crippen LogP contribution in [0.2, 0.25) is 0 Å². The zero-order chi connectivity index (χ0) is 14.6. The highest BCUT2D eigenvalue weighted by molar-refractivity contribution is 6.01. The van der Waals surface area contributed by atoms with Crippen molar-refractivity contribution in [3.05, 3.63) is 16.8 Å². The Morgan fingerprint density at radius 1 is 1.26 bits per heavy atom.